The molecule has 0 spiro atoms. The third-order valence-electron chi connectivity index (χ3n) is 3.38. The van der Waals surface area contributed by atoms with E-state index >= 15 is 0 Å². The Morgan fingerprint density at radius 3 is 2.76 bits per heavy atom. The fourth-order valence-corrected chi connectivity index (χ4v) is 3.57. The molecule has 21 heavy (non-hydrogen) atoms. The van der Waals surface area contributed by atoms with E-state index in [1.807, 2.05) is 19.1 Å². The molecule has 0 saturated carbocycles. The average Bonchev–Trinajstić information content (AvgIpc) is 2.86. The fourth-order valence-electron chi connectivity index (χ4n) is 2.28. The van der Waals surface area contributed by atoms with Gasteiger partial charge in [0.1, 0.15) is 0 Å². The van der Waals surface area contributed by atoms with E-state index in [1.54, 1.807) is 0 Å². The van der Waals surface area contributed by atoms with Crippen molar-refractivity contribution in [3.63, 3.8) is 0 Å². The van der Waals surface area contributed by atoms with Crippen LogP contribution in [-0.4, -0.2) is 11.2 Å². The Kier molecular flexibility index (Phi) is 3.68. The molecule has 1 aliphatic rings. The molecule has 3 rings (SSSR count). The van der Waals surface area contributed by atoms with Crippen molar-refractivity contribution in [3.8, 4) is 0 Å². The van der Waals surface area contributed by atoms with E-state index in [-0.39, 0.29) is 16.8 Å². The maximum atomic E-state index is 13.1. The van der Waals surface area contributed by atoms with E-state index < -0.39 is 11.6 Å². The van der Waals surface area contributed by atoms with Crippen LogP contribution in [0.2, 0.25) is 0 Å². The number of halogens is 2. The molecule has 0 radical (unpaired) electrons. The highest BCUT2D eigenvalue weighted by atomic mass is 32.2. The molecule has 2 nitrogen and oxygen atoms in total. The smallest absolute Gasteiger partial charge is 0.238 e. The summed E-state index contributed by atoms with van der Waals surface area (Å²) in [5.74, 6) is -2.09. The molecule has 1 N–H and O–H groups in total. The molecule has 2 aromatic carbocycles. The molecule has 0 saturated heterocycles. The van der Waals surface area contributed by atoms with Gasteiger partial charge in [0.15, 0.2) is 11.6 Å². The van der Waals surface area contributed by atoms with E-state index in [9.17, 15) is 13.6 Å². The first-order chi connectivity index (χ1) is 10.0. The second-order valence-electron chi connectivity index (χ2n) is 5.04. The van der Waals surface area contributed by atoms with Crippen molar-refractivity contribution < 1.29 is 13.6 Å². The van der Waals surface area contributed by atoms with Crippen LogP contribution in [0.25, 0.3) is 0 Å². The molecule has 0 unspecified atom stereocenters. The normalized spacial score (nSPS) is 16.6. The lowest BCUT2D eigenvalue weighted by Crippen LogP contribution is -2.24. The summed E-state index contributed by atoms with van der Waals surface area (Å²) in [6, 6.07) is 9.46. The van der Waals surface area contributed by atoms with E-state index in [4.69, 9.17) is 0 Å². The third kappa shape index (κ3) is 2.93. The number of fused-ring (bicyclic) bond motifs is 1. The summed E-state index contributed by atoms with van der Waals surface area (Å²) in [6.07, 6.45) is 0.649. The molecule has 108 valence electrons. The monoisotopic (exact) mass is 305 g/mol. The van der Waals surface area contributed by atoms with Crippen molar-refractivity contribution in [2.24, 2.45) is 0 Å². The lowest BCUT2D eigenvalue weighted by atomic mass is 10.1. The van der Waals surface area contributed by atoms with Gasteiger partial charge in [0.25, 0.3) is 0 Å². The number of anilines is 1. The number of carbonyl (C=O) groups is 1. The number of hydrogen-bond donors (Lipinski definition) is 1. The summed E-state index contributed by atoms with van der Waals surface area (Å²) >= 11 is 1.51. The van der Waals surface area contributed by atoms with Gasteiger partial charge >= 0.3 is 0 Å². The van der Waals surface area contributed by atoms with Crippen LogP contribution >= 0.6 is 11.8 Å². The first kappa shape index (κ1) is 14.1. The number of rotatable bonds is 2. The van der Waals surface area contributed by atoms with Gasteiger partial charge in [-0.2, -0.15) is 0 Å². The Bertz CT molecular complexity index is 717. The summed E-state index contributed by atoms with van der Waals surface area (Å²) in [6.45, 7) is 2.01. The van der Waals surface area contributed by atoms with E-state index in [0.717, 1.165) is 28.2 Å². The zero-order valence-electron chi connectivity index (χ0n) is 11.3. The zero-order valence-corrected chi connectivity index (χ0v) is 12.1. The van der Waals surface area contributed by atoms with Crippen LogP contribution in [0.3, 0.4) is 0 Å². The van der Waals surface area contributed by atoms with Crippen molar-refractivity contribution in [2.75, 3.05) is 5.32 Å². The Morgan fingerprint density at radius 2 is 2.00 bits per heavy atom. The lowest BCUT2D eigenvalue weighted by Gasteiger charge is -2.10. The largest absolute Gasteiger partial charge is 0.325 e. The summed E-state index contributed by atoms with van der Waals surface area (Å²) in [4.78, 5) is 13.3. The van der Waals surface area contributed by atoms with Gasteiger partial charge in [-0.05, 0) is 37.1 Å². The standard InChI is InChI=1S/C16H13F2NOS/c1-9-2-3-10-7-15(21-14(10)6-9)16(20)19-11-4-5-12(17)13(18)8-11/h2-6,8,15H,7H2,1H3,(H,19,20)/t15-/m0/s1. The number of thioether (sulfide) groups is 1. The number of hydrogen-bond acceptors (Lipinski definition) is 2. The van der Waals surface area contributed by atoms with Crippen LogP contribution in [0.4, 0.5) is 14.5 Å². The minimum absolute atomic E-state index is 0.195. The first-order valence-electron chi connectivity index (χ1n) is 6.55. The molecular formula is C16H13F2NOS. The number of nitrogens with one attached hydrogen (secondary N) is 1. The van der Waals surface area contributed by atoms with Gasteiger partial charge in [-0.3, -0.25) is 4.79 Å². The fraction of sp³-hybridized carbons (Fsp3) is 0.188. The molecule has 1 aliphatic heterocycles. The SMILES string of the molecule is Cc1ccc2c(c1)S[C@H](C(=O)Nc1ccc(F)c(F)c1)C2. The van der Waals surface area contributed by atoms with Crippen LogP contribution < -0.4 is 5.32 Å². The topological polar surface area (TPSA) is 29.1 Å². The molecule has 2 aromatic rings. The van der Waals surface area contributed by atoms with E-state index in [1.165, 1.54) is 17.8 Å². The van der Waals surface area contributed by atoms with Crippen LogP contribution in [0.1, 0.15) is 11.1 Å². The van der Waals surface area contributed by atoms with Crippen molar-refractivity contribution in [1.29, 1.82) is 0 Å². The number of amides is 1. The van der Waals surface area contributed by atoms with E-state index in [2.05, 4.69) is 11.4 Å². The summed E-state index contributed by atoms with van der Waals surface area (Å²) < 4.78 is 26.0. The van der Waals surface area contributed by atoms with Crippen molar-refractivity contribution in [2.45, 2.75) is 23.5 Å². The van der Waals surface area contributed by atoms with Crippen molar-refractivity contribution >= 4 is 23.4 Å². The minimum Gasteiger partial charge on any atom is -0.325 e. The second-order valence-corrected chi connectivity index (χ2v) is 6.28. The van der Waals surface area contributed by atoms with Crippen LogP contribution in [0.15, 0.2) is 41.3 Å². The summed E-state index contributed by atoms with van der Waals surface area (Å²) in [7, 11) is 0. The van der Waals surface area contributed by atoms with Crippen LogP contribution in [0, 0.1) is 18.6 Å². The highest BCUT2D eigenvalue weighted by molar-refractivity contribution is 8.01. The third-order valence-corrected chi connectivity index (χ3v) is 4.68. The van der Waals surface area contributed by atoms with Gasteiger partial charge < -0.3 is 5.32 Å². The van der Waals surface area contributed by atoms with Gasteiger partial charge in [-0.15, -0.1) is 11.8 Å². The quantitative estimate of drug-likeness (QED) is 0.911. The molecule has 0 bridgehead atoms. The predicted molar refractivity (Wildman–Crippen MR) is 79.5 cm³/mol. The van der Waals surface area contributed by atoms with E-state index in [0.29, 0.717) is 6.42 Å². The van der Waals surface area contributed by atoms with Crippen LogP contribution in [-0.2, 0) is 11.2 Å². The second kappa shape index (κ2) is 5.48. The first-order valence-corrected chi connectivity index (χ1v) is 7.43. The predicted octanol–water partition coefficient (Wildman–Crippen LogP) is 3.93. The molecule has 0 aromatic heterocycles. The minimum atomic E-state index is -0.967. The van der Waals surface area contributed by atoms with Gasteiger partial charge in [0, 0.05) is 16.6 Å². The maximum absolute atomic E-state index is 13.1. The Labute approximate surface area is 125 Å². The molecule has 5 heteroatoms. The number of carbonyl (C=O) groups excluding carboxylic acids is 1. The van der Waals surface area contributed by atoms with Gasteiger partial charge in [0.05, 0.1) is 5.25 Å². The molecule has 0 fully saturated rings. The molecule has 1 heterocycles. The average molecular weight is 305 g/mol. The molecule has 1 atom stereocenters. The Hall–Kier alpha value is -1.88. The summed E-state index contributed by atoms with van der Waals surface area (Å²) in [5.41, 5.74) is 2.57. The number of benzene rings is 2. The Morgan fingerprint density at radius 1 is 1.19 bits per heavy atom. The summed E-state index contributed by atoms with van der Waals surface area (Å²) in [5, 5.41) is 2.39. The van der Waals surface area contributed by atoms with Crippen molar-refractivity contribution in [1.82, 2.24) is 0 Å². The lowest BCUT2D eigenvalue weighted by molar-refractivity contribution is -0.115. The van der Waals surface area contributed by atoms with Gasteiger partial charge in [-0.1, -0.05) is 17.7 Å². The number of aryl methyl sites for hydroxylation is 1. The highest BCUT2D eigenvalue weighted by Crippen LogP contribution is 2.38. The maximum Gasteiger partial charge on any atom is 0.238 e. The Balaban J connectivity index is 1.71. The van der Waals surface area contributed by atoms with Gasteiger partial charge in [-0.25, -0.2) is 8.78 Å². The molecular weight excluding hydrogens is 292 g/mol. The zero-order chi connectivity index (χ0) is 15.0. The molecule has 1 amide bonds. The molecule has 0 aliphatic carbocycles. The highest BCUT2D eigenvalue weighted by Gasteiger charge is 2.28. The van der Waals surface area contributed by atoms with Crippen LogP contribution in [0.5, 0.6) is 0 Å². The van der Waals surface area contributed by atoms with Gasteiger partial charge in [0.2, 0.25) is 5.91 Å². The van der Waals surface area contributed by atoms with Crippen molar-refractivity contribution in [3.05, 3.63) is 59.2 Å².